The standard InChI is InChI=1S/C19H24ClN3O/c1-19(2,13-23(3)4)12-21-18(24)10-9-16-8-6-14-5-7-15(20)11-17(14)22-16/h5-11H,12-13H2,1-4H3,(H,21,24). The summed E-state index contributed by atoms with van der Waals surface area (Å²) in [6.07, 6.45) is 3.24. The van der Waals surface area contributed by atoms with Gasteiger partial charge in [0.2, 0.25) is 5.91 Å². The Kier molecular flexibility index (Phi) is 5.97. The van der Waals surface area contributed by atoms with Crippen molar-refractivity contribution in [3.63, 3.8) is 0 Å². The number of hydrogen-bond donors (Lipinski definition) is 1. The zero-order valence-corrected chi connectivity index (χ0v) is 15.4. The van der Waals surface area contributed by atoms with Gasteiger partial charge in [0, 0.05) is 29.6 Å². The number of fused-ring (bicyclic) bond motifs is 1. The summed E-state index contributed by atoms with van der Waals surface area (Å²) in [4.78, 5) is 18.6. The number of amides is 1. The molecule has 1 aromatic carbocycles. The van der Waals surface area contributed by atoms with Crippen LogP contribution in [0.4, 0.5) is 0 Å². The number of benzene rings is 1. The Morgan fingerprint density at radius 2 is 2.00 bits per heavy atom. The third kappa shape index (κ3) is 5.62. The van der Waals surface area contributed by atoms with Gasteiger partial charge in [-0.05, 0) is 43.8 Å². The molecule has 0 atom stereocenters. The van der Waals surface area contributed by atoms with Gasteiger partial charge in [0.25, 0.3) is 0 Å². The Bertz CT molecular complexity index is 753. The third-order valence-electron chi connectivity index (χ3n) is 3.57. The number of carbonyl (C=O) groups is 1. The average molecular weight is 346 g/mol. The first-order valence-electron chi connectivity index (χ1n) is 7.92. The molecule has 128 valence electrons. The van der Waals surface area contributed by atoms with E-state index >= 15 is 0 Å². The van der Waals surface area contributed by atoms with Crippen LogP contribution in [-0.4, -0.2) is 43.0 Å². The van der Waals surface area contributed by atoms with Gasteiger partial charge >= 0.3 is 0 Å². The first-order chi connectivity index (χ1) is 11.2. The zero-order chi connectivity index (χ0) is 17.7. The molecule has 2 aromatic rings. The minimum absolute atomic E-state index is 0.0188. The highest BCUT2D eigenvalue weighted by Gasteiger charge is 2.19. The summed E-state index contributed by atoms with van der Waals surface area (Å²) >= 11 is 5.99. The van der Waals surface area contributed by atoms with Crippen LogP contribution >= 0.6 is 11.6 Å². The molecule has 0 aliphatic heterocycles. The molecule has 4 nitrogen and oxygen atoms in total. The number of halogens is 1. The molecule has 5 heteroatoms. The van der Waals surface area contributed by atoms with Gasteiger partial charge in [-0.3, -0.25) is 4.79 Å². The van der Waals surface area contributed by atoms with Crippen molar-refractivity contribution in [2.24, 2.45) is 5.41 Å². The van der Waals surface area contributed by atoms with Crippen molar-refractivity contribution in [1.82, 2.24) is 15.2 Å². The molecule has 0 radical (unpaired) electrons. The molecule has 1 amide bonds. The number of nitrogens with zero attached hydrogens (tertiary/aromatic N) is 2. The lowest BCUT2D eigenvalue weighted by molar-refractivity contribution is -0.116. The summed E-state index contributed by atoms with van der Waals surface area (Å²) in [6, 6.07) is 9.44. The second-order valence-corrected chi connectivity index (χ2v) is 7.46. The fraction of sp³-hybridized carbons (Fsp3) is 0.368. The highest BCUT2D eigenvalue weighted by molar-refractivity contribution is 6.31. The second-order valence-electron chi connectivity index (χ2n) is 7.03. The molecule has 0 fully saturated rings. The van der Waals surface area contributed by atoms with E-state index in [0.717, 1.165) is 23.1 Å². The van der Waals surface area contributed by atoms with Crippen molar-refractivity contribution >= 4 is 34.5 Å². The van der Waals surface area contributed by atoms with Gasteiger partial charge in [-0.2, -0.15) is 0 Å². The van der Waals surface area contributed by atoms with Crippen LogP contribution in [0.2, 0.25) is 5.02 Å². The first kappa shape index (κ1) is 18.4. The SMILES string of the molecule is CN(C)CC(C)(C)CNC(=O)C=Cc1ccc2ccc(Cl)cc2n1. The van der Waals surface area contributed by atoms with E-state index in [1.54, 1.807) is 6.08 Å². The lowest BCUT2D eigenvalue weighted by atomic mass is 9.93. The molecular formula is C19H24ClN3O. The maximum atomic E-state index is 12.0. The highest BCUT2D eigenvalue weighted by atomic mass is 35.5. The van der Waals surface area contributed by atoms with Gasteiger partial charge in [-0.15, -0.1) is 0 Å². The third-order valence-corrected chi connectivity index (χ3v) is 3.80. The Labute approximate surface area is 148 Å². The van der Waals surface area contributed by atoms with Crippen molar-refractivity contribution < 1.29 is 4.79 Å². The van der Waals surface area contributed by atoms with Crippen molar-refractivity contribution in [3.8, 4) is 0 Å². The number of rotatable bonds is 6. The first-order valence-corrected chi connectivity index (χ1v) is 8.30. The van der Waals surface area contributed by atoms with Gasteiger partial charge in [0.15, 0.2) is 0 Å². The van der Waals surface area contributed by atoms with Crippen LogP contribution in [0.25, 0.3) is 17.0 Å². The van der Waals surface area contributed by atoms with Crippen LogP contribution in [0, 0.1) is 5.41 Å². The predicted octanol–water partition coefficient (Wildman–Crippen LogP) is 3.61. The molecule has 0 saturated carbocycles. The van der Waals surface area contributed by atoms with Crippen molar-refractivity contribution in [3.05, 3.63) is 47.1 Å². The molecule has 0 aliphatic carbocycles. The van der Waals surface area contributed by atoms with E-state index in [2.05, 4.69) is 29.0 Å². The molecule has 1 aromatic heterocycles. The van der Waals surface area contributed by atoms with Crippen LogP contribution in [0.5, 0.6) is 0 Å². The quantitative estimate of drug-likeness (QED) is 0.813. The van der Waals surface area contributed by atoms with E-state index in [4.69, 9.17) is 11.6 Å². The van der Waals surface area contributed by atoms with Gasteiger partial charge in [0.05, 0.1) is 11.2 Å². The van der Waals surface area contributed by atoms with Crippen molar-refractivity contribution in [2.75, 3.05) is 27.2 Å². The lowest BCUT2D eigenvalue weighted by Crippen LogP contribution is -2.39. The van der Waals surface area contributed by atoms with E-state index in [1.165, 1.54) is 6.08 Å². The number of aromatic nitrogens is 1. The van der Waals surface area contributed by atoms with Crippen molar-refractivity contribution in [2.45, 2.75) is 13.8 Å². The zero-order valence-electron chi connectivity index (χ0n) is 14.6. The Morgan fingerprint density at radius 3 is 2.71 bits per heavy atom. The van der Waals surface area contributed by atoms with Gasteiger partial charge in [0.1, 0.15) is 0 Å². The van der Waals surface area contributed by atoms with Crippen molar-refractivity contribution in [1.29, 1.82) is 0 Å². The van der Waals surface area contributed by atoms with E-state index in [0.29, 0.717) is 11.6 Å². The summed E-state index contributed by atoms with van der Waals surface area (Å²) in [5.74, 6) is -0.116. The molecule has 0 bridgehead atoms. The summed E-state index contributed by atoms with van der Waals surface area (Å²) in [6.45, 7) is 5.79. The van der Waals surface area contributed by atoms with Crippen LogP contribution in [0.15, 0.2) is 36.4 Å². The molecule has 0 saturated heterocycles. The normalized spacial score (nSPS) is 12.2. The molecule has 24 heavy (non-hydrogen) atoms. The number of carbonyl (C=O) groups excluding carboxylic acids is 1. The molecule has 0 spiro atoms. The minimum atomic E-state index is -0.116. The van der Waals surface area contributed by atoms with Crippen LogP contribution in [0.3, 0.4) is 0 Å². The fourth-order valence-corrected chi connectivity index (χ4v) is 2.82. The predicted molar refractivity (Wildman–Crippen MR) is 101 cm³/mol. The maximum absolute atomic E-state index is 12.0. The molecule has 0 unspecified atom stereocenters. The molecule has 0 aliphatic rings. The fourth-order valence-electron chi connectivity index (χ4n) is 2.66. The minimum Gasteiger partial charge on any atom is -0.352 e. The van der Waals surface area contributed by atoms with E-state index in [-0.39, 0.29) is 11.3 Å². The smallest absolute Gasteiger partial charge is 0.244 e. The van der Waals surface area contributed by atoms with Gasteiger partial charge < -0.3 is 10.2 Å². The largest absolute Gasteiger partial charge is 0.352 e. The summed E-state index contributed by atoms with van der Waals surface area (Å²) in [5, 5.41) is 4.61. The number of nitrogens with one attached hydrogen (secondary N) is 1. The van der Waals surface area contributed by atoms with Crippen LogP contribution in [-0.2, 0) is 4.79 Å². The highest BCUT2D eigenvalue weighted by Crippen LogP contribution is 2.18. The average Bonchev–Trinajstić information content (AvgIpc) is 2.49. The van der Waals surface area contributed by atoms with E-state index in [9.17, 15) is 4.79 Å². The molecule has 2 rings (SSSR count). The lowest BCUT2D eigenvalue weighted by Gasteiger charge is -2.28. The van der Waals surface area contributed by atoms with Crippen LogP contribution < -0.4 is 5.32 Å². The Morgan fingerprint density at radius 1 is 1.29 bits per heavy atom. The molecular weight excluding hydrogens is 322 g/mol. The summed E-state index contributed by atoms with van der Waals surface area (Å²) in [7, 11) is 4.06. The van der Waals surface area contributed by atoms with Gasteiger partial charge in [-0.1, -0.05) is 37.6 Å². The molecule has 1 heterocycles. The number of hydrogen-bond acceptors (Lipinski definition) is 3. The summed E-state index contributed by atoms with van der Waals surface area (Å²) in [5.41, 5.74) is 1.56. The Balaban J connectivity index is 1.98. The second kappa shape index (κ2) is 7.77. The molecule has 1 N–H and O–H groups in total. The van der Waals surface area contributed by atoms with E-state index in [1.807, 2.05) is 44.4 Å². The van der Waals surface area contributed by atoms with Gasteiger partial charge in [-0.25, -0.2) is 4.98 Å². The van der Waals surface area contributed by atoms with E-state index < -0.39 is 0 Å². The monoisotopic (exact) mass is 345 g/mol. The van der Waals surface area contributed by atoms with Crippen LogP contribution in [0.1, 0.15) is 19.5 Å². The summed E-state index contributed by atoms with van der Waals surface area (Å²) < 4.78 is 0. The maximum Gasteiger partial charge on any atom is 0.244 e. The number of pyridine rings is 1. The Hall–Kier alpha value is -1.91. The topological polar surface area (TPSA) is 45.2 Å².